The number of rotatable bonds is 0. The Labute approximate surface area is 73.9 Å². The summed E-state index contributed by atoms with van der Waals surface area (Å²) in [4.78, 5) is 0. The van der Waals surface area contributed by atoms with Crippen LogP contribution in [0.3, 0.4) is 0 Å². The third-order valence-electron chi connectivity index (χ3n) is 2.05. The highest BCUT2D eigenvalue weighted by Crippen LogP contribution is 2.22. The molecule has 0 spiro atoms. The molecule has 13 heavy (non-hydrogen) atoms. The molecule has 3 rings (SSSR count). The van der Waals surface area contributed by atoms with Crippen molar-refractivity contribution < 1.29 is 4.52 Å². The number of benzene rings is 2. The zero-order valence-electron chi connectivity index (χ0n) is 6.69. The second-order valence-electron chi connectivity index (χ2n) is 2.82. The van der Waals surface area contributed by atoms with Crippen LogP contribution in [0, 0.1) is 6.07 Å². The summed E-state index contributed by atoms with van der Waals surface area (Å²) in [6.07, 6.45) is 0. The lowest BCUT2D eigenvalue weighted by atomic mass is 10.1. The molecule has 3 nitrogen and oxygen atoms in total. The minimum Gasteiger partial charge on any atom is -0.336 e. The van der Waals surface area contributed by atoms with E-state index >= 15 is 0 Å². The number of hydrogen-bond acceptors (Lipinski definition) is 3. The van der Waals surface area contributed by atoms with Gasteiger partial charge in [-0.25, -0.2) is 0 Å². The highest BCUT2D eigenvalue weighted by molar-refractivity contribution is 6.01. The van der Waals surface area contributed by atoms with Crippen LogP contribution in [0.5, 0.6) is 0 Å². The maximum absolute atomic E-state index is 5.05. The fourth-order valence-corrected chi connectivity index (χ4v) is 1.43. The van der Waals surface area contributed by atoms with Crippen LogP contribution in [0.15, 0.2) is 34.9 Å². The maximum atomic E-state index is 5.05. The molecule has 0 amide bonds. The van der Waals surface area contributed by atoms with E-state index in [1.165, 1.54) is 0 Å². The van der Waals surface area contributed by atoms with Gasteiger partial charge in [0, 0.05) is 10.7 Å². The molecule has 0 N–H and O–H groups in total. The highest BCUT2D eigenvalue weighted by atomic mass is 16.5. The van der Waals surface area contributed by atoms with Crippen LogP contribution in [0.25, 0.3) is 21.9 Å². The van der Waals surface area contributed by atoms with Crippen molar-refractivity contribution in [1.29, 1.82) is 0 Å². The Morgan fingerprint density at radius 2 is 2.15 bits per heavy atom. The summed E-state index contributed by atoms with van der Waals surface area (Å²) in [6.45, 7) is 0. The molecule has 0 atom stereocenters. The molecule has 0 saturated heterocycles. The number of fused-ring (bicyclic) bond motifs is 3. The second-order valence-corrected chi connectivity index (χ2v) is 2.82. The summed E-state index contributed by atoms with van der Waals surface area (Å²) < 4.78 is 5.05. The molecular weight excluding hydrogens is 164 g/mol. The van der Waals surface area contributed by atoms with Crippen molar-refractivity contribution in [2.45, 2.75) is 0 Å². The molecule has 0 aliphatic carbocycles. The third kappa shape index (κ3) is 0.839. The van der Waals surface area contributed by atoms with Gasteiger partial charge in [-0.15, -0.1) is 5.10 Å². The largest absolute Gasteiger partial charge is 0.336 e. The fourth-order valence-electron chi connectivity index (χ4n) is 1.43. The van der Waals surface area contributed by atoms with E-state index in [2.05, 4.69) is 16.4 Å². The van der Waals surface area contributed by atoms with Crippen molar-refractivity contribution in [2.75, 3.05) is 0 Å². The van der Waals surface area contributed by atoms with Gasteiger partial charge in [0.25, 0.3) is 0 Å². The summed E-state index contributed by atoms with van der Waals surface area (Å²) in [6, 6.07) is 12.8. The molecule has 1 heterocycles. The molecule has 3 heteroatoms. The fraction of sp³-hybridized carbons (Fsp3) is 0. The normalized spacial score (nSPS) is 11.1. The minimum absolute atomic E-state index is 0.731. The van der Waals surface area contributed by atoms with Gasteiger partial charge in [-0.05, 0) is 17.5 Å². The molecule has 0 aliphatic heterocycles. The minimum atomic E-state index is 0.731. The van der Waals surface area contributed by atoms with Crippen molar-refractivity contribution >= 4 is 21.9 Å². The zero-order valence-corrected chi connectivity index (χ0v) is 6.69. The van der Waals surface area contributed by atoms with Crippen molar-refractivity contribution in [3.8, 4) is 0 Å². The molecule has 0 bridgehead atoms. The molecule has 1 radical (unpaired) electrons. The Morgan fingerprint density at radius 1 is 1.23 bits per heavy atom. The summed E-state index contributed by atoms with van der Waals surface area (Å²) in [5.41, 5.74) is 1.48. The summed E-state index contributed by atoms with van der Waals surface area (Å²) in [7, 11) is 0. The molecule has 2 aromatic carbocycles. The van der Waals surface area contributed by atoms with Gasteiger partial charge >= 0.3 is 0 Å². The molecule has 3 aromatic rings. The number of nitrogens with zero attached hydrogens (tertiary/aromatic N) is 2. The van der Waals surface area contributed by atoms with E-state index in [9.17, 15) is 0 Å². The van der Waals surface area contributed by atoms with E-state index in [1.54, 1.807) is 6.07 Å². The second kappa shape index (κ2) is 2.29. The standard InChI is InChI=1S/C10H5N2O/c1-2-4-8-7(3-1)5-6-9-10(8)13-12-11-9/h1-4,6H. The molecule has 0 aliphatic rings. The smallest absolute Gasteiger partial charge is 0.195 e. The van der Waals surface area contributed by atoms with Gasteiger partial charge in [0.1, 0.15) is 5.52 Å². The summed E-state index contributed by atoms with van der Waals surface area (Å²) in [5.74, 6) is 0. The Morgan fingerprint density at radius 3 is 3.15 bits per heavy atom. The molecule has 1 aromatic heterocycles. The van der Waals surface area contributed by atoms with Crippen LogP contribution in [0.1, 0.15) is 0 Å². The van der Waals surface area contributed by atoms with Crippen LogP contribution in [-0.4, -0.2) is 10.4 Å². The maximum Gasteiger partial charge on any atom is 0.195 e. The van der Waals surface area contributed by atoms with Gasteiger partial charge in [0.05, 0.1) is 0 Å². The van der Waals surface area contributed by atoms with Gasteiger partial charge in [0.15, 0.2) is 5.58 Å². The van der Waals surface area contributed by atoms with Crippen molar-refractivity contribution in [1.82, 2.24) is 10.4 Å². The number of aromatic nitrogens is 2. The lowest BCUT2D eigenvalue weighted by molar-refractivity contribution is 0.426. The van der Waals surface area contributed by atoms with E-state index in [-0.39, 0.29) is 0 Å². The average Bonchev–Trinajstić information content (AvgIpc) is 2.65. The molecule has 0 fully saturated rings. The molecule has 0 saturated carbocycles. The Kier molecular flexibility index (Phi) is 1.16. The topological polar surface area (TPSA) is 38.9 Å². The quantitative estimate of drug-likeness (QED) is 0.517. The zero-order chi connectivity index (χ0) is 8.67. The predicted molar refractivity (Wildman–Crippen MR) is 48.1 cm³/mol. The van der Waals surface area contributed by atoms with Gasteiger partial charge in [-0.2, -0.15) is 0 Å². The summed E-state index contributed by atoms with van der Waals surface area (Å²) in [5, 5.41) is 9.35. The summed E-state index contributed by atoms with van der Waals surface area (Å²) >= 11 is 0. The van der Waals surface area contributed by atoms with Gasteiger partial charge in [-0.1, -0.05) is 24.3 Å². The average molecular weight is 169 g/mol. The van der Waals surface area contributed by atoms with Crippen LogP contribution >= 0.6 is 0 Å². The lowest BCUT2D eigenvalue weighted by Crippen LogP contribution is -1.73. The van der Waals surface area contributed by atoms with Gasteiger partial charge < -0.3 is 4.52 Å². The first-order valence-corrected chi connectivity index (χ1v) is 3.97. The molecule has 0 unspecified atom stereocenters. The van der Waals surface area contributed by atoms with Crippen LogP contribution in [0.2, 0.25) is 0 Å². The molecule has 61 valence electrons. The van der Waals surface area contributed by atoms with Crippen LogP contribution in [0.4, 0.5) is 0 Å². The van der Waals surface area contributed by atoms with Crippen molar-refractivity contribution in [2.24, 2.45) is 0 Å². The van der Waals surface area contributed by atoms with Crippen LogP contribution < -0.4 is 0 Å². The SMILES string of the molecule is [c]1cc2nnoc2c2ccccc12. The Balaban J connectivity index is 2.65. The lowest BCUT2D eigenvalue weighted by Gasteiger charge is -1.93. The van der Waals surface area contributed by atoms with Gasteiger partial charge in [0.2, 0.25) is 0 Å². The van der Waals surface area contributed by atoms with Crippen molar-refractivity contribution in [3.63, 3.8) is 0 Å². The Bertz CT molecular complexity index is 571. The van der Waals surface area contributed by atoms with Crippen molar-refractivity contribution in [3.05, 3.63) is 36.4 Å². The Hall–Kier alpha value is -1.90. The first-order chi connectivity index (χ1) is 6.45. The first-order valence-electron chi connectivity index (χ1n) is 3.97. The first kappa shape index (κ1) is 6.60. The van der Waals surface area contributed by atoms with E-state index in [0.717, 1.165) is 21.9 Å². The predicted octanol–water partition coefficient (Wildman–Crippen LogP) is 2.18. The van der Waals surface area contributed by atoms with Gasteiger partial charge in [-0.3, -0.25) is 0 Å². The van der Waals surface area contributed by atoms with E-state index < -0.39 is 0 Å². The van der Waals surface area contributed by atoms with E-state index in [0.29, 0.717) is 0 Å². The molecular formula is C10H5N2O. The van der Waals surface area contributed by atoms with Crippen LogP contribution in [-0.2, 0) is 0 Å². The monoisotopic (exact) mass is 169 g/mol. The third-order valence-corrected chi connectivity index (χ3v) is 2.05. The number of hydrogen-bond donors (Lipinski definition) is 0. The van der Waals surface area contributed by atoms with E-state index in [4.69, 9.17) is 4.52 Å². The van der Waals surface area contributed by atoms with E-state index in [1.807, 2.05) is 24.3 Å². The highest BCUT2D eigenvalue weighted by Gasteiger charge is 2.04.